The summed E-state index contributed by atoms with van der Waals surface area (Å²) < 4.78 is 0. The van der Waals surface area contributed by atoms with E-state index in [4.69, 9.17) is 5.11 Å². The maximum Gasteiger partial charge on any atom is 0.0864 e. The van der Waals surface area contributed by atoms with Gasteiger partial charge in [-0.25, -0.2) is 12.1 Å². The molecule has 1 aliphatic carbocycles. The van der Waals surface area contributed by atoms with Crippen molar-refractivity contribution >= 4 is 0 Å². The van der Waals surface area contributed by atoms with E-state index >= 15 is 0 Å². The molecule has 2 heteroatoms. The summed E-state index contributed by atoms with van der Waals surface area (Å²) in [4.78, 5) is 0. The predicted octanol–water partition coefficient (Wildman–Crippen LogP) is 2.96. The zero-order chi connectivity index (χ0) is 8.65. The quantitative estimate of drug-likeness (QED) is 0.524. The summed E-state index contributed by atoms with van der Waals surface area (Å²) in [6.45, 7) is 0. The monoisotopic (exact) mass is 218 g/mol. The van der Waals surface area contributed by atoms with Gasteiger partial charge in [0, 0.05) is 22.4 Å². The fourth-order valence-corrected chi connectivity index (χ4v) is 0.796. The van der Waals surface area contributed by atoms with Crippen LogP contribution in [0.3, 0.4) is 0 Å². The van der Waals surface area contributed by atoms with E-state index in [0.717, 1.165) is 11.8 Å². The molecule has 0 unspecified atom stereocenters. The molecule has 0 atom stereocenters. The minimum atomic E-state index is 0. The summed E-state index contributed by atoms with van der Waals surface area (Å²) in [7, 11) is 0. The van der Waals surface area contributed by atoms with Gasteiger partial charge in [0.1, 0.15) is 0 Å². The van der Waals surface area contributed by atoms with Crippen molar-refractivity contribution in [3.05, 3.63) is 66.5 Å². The van der Waals surface area contributed by atoms with Crippen LogP contribution in [0.2, 0.25) is 0 Å². The molecule has 0 aromatic heterocycles. The normalized spacial score (nSPS) is 11.5. The van der Waals surface area contributed by atoms with Crippen LogP contribution in [0.4, 0.5) is 0 Å². The molecular weight excluding hydrogens is 207 g/mol. The van der Waals surface area contributed by atoms with E-state index in [0.29, 0.717) is 0 Å². The number of hydrogen-bond acceptors (Lipinski definition) is 1. The van der Waals surface area contributed by atoms with Crippen molar-refractivity contribution in [3.63, 3.8) is 0 Å². The summed E-state index contributed by atoms with van der Waals surface area (Å²) >= 11 is 0. The molecule has 0 bridgehead atoms. The van der Waals surface area contributed by atoms with Crippen molar-refractivity contribution in [2.45, 2.75) is 0 Å². The summed E-state index contributed by atoms with van der Waals surface area (Å²) in [6.07, 6.45) is 8.50. The Morgan fingerprint density at radius 1 is 1.08 bits per heavy atom. The second-order valence-electron chi connectivity index (χ2n) is 2.31. The molecule has 1 aliphatic rings. The van der Waals surface area contributed by atoms with Gasteiger partial charge in [-0.15, -0.1) is 0 Å². The fourth-order valence-electron chi connectivity index (χ4n) is 0.796. The molecule has 0 fully saturated rings. The van der Waals surface area contributed by atoms with Crippen molar-refractivity contribution in [2.24, 2.45) is 0 Å². The van der Waals surface area contributed by atoms with E-state index in [1.807, 2.05) is 54.6 Å². The van der Waals surface area contributed by atoms with Crippen LogP contribution in [0.25, 0.3) is 0 Å². The van der Waals surface area contributed by atoms with Gasteiger partial charge in [-0.05, 0) is 0 Å². The van der Waals surface area contributed by atoms with E-state index < -0.39 is 0 Å². The average Bonchev–Trinajstić information content (AvgIpc) is 2.81. The third kappa shape index (κ3) is 5.17. The Hall–Kier alpha value is -1.12. The minimum absolute atomic E-state index is 0. The third-order valence-electron chi connectivity index (χ3n) is 1.39. The SMILES string of the molecule is OC=C1C=CC=C1.[Co].c1cc[cH-]c1. The Morgan fingerprint density at radius 2 is 1.62 bits per heavy atom. The number of aliphatic hydroxyl groups excluding tert-OH is 1. The van der Waals surface area contributed by atoms with Gasteiger partial charge >= 0.3 is 0 Å². The van der Waals surface area contributed by atoms with Gasteiger partial charge in [0.25, 0.3) is 0 Å². The average molecular weight is 218 g/mol. The molecule has 0 heterocycles. The molecule has 2 rings (SSSR count). The summed E-state index contributed by atoms with van der Waals surface area (Å²) in [5.74, 6) is 0. The molecule has 13 heavy (non-hydrogen) atoms. The van der Waals surface area contributed by atoms with Crippen LogP contribution in [0.5, 0.6) is 0 Å². The molecule has 0 saturated heterocycles. The van der Waals surface area contributed by atoms with Crippen LogP contribution in [0, 0.1) is 0 Å². The summed E-state index contributed by atoms with van der Waals surface area (Å²) in [5.41, 5.74) is 0.861. The van der Waals surface area contributed by atoms with Crippen LogP contribution in [0.1, 0.15) is 0 Å². The summed E-state index contributed by atoms with van der Waals surface area (Å²) in [6, 6.07) is 10.0. The Balaban J connectivity index is 0.000000215. The Labute approximate surface area is 88.7 Å². The number of hydrogen-bond donors (Lipinski definition) is 1. The van der Waals surface area contributed by atoms with Crippen LogP contribution in [-0.4, -0.2) is 5.11 Å². The molecule has 1 aromatic carbocycles. The van der Waals surface area contributed by atoms with E-state index in [2.05, 4.69) is 0 Å². The summed E-state index contributed by atoms with van der Waals surface area (Å²) in [5, 5.41) is 8.30. The Morgan fingerprint density at radius 3 is 1.85 bits per heavy atom. The van der Waals surface area contributed by atoms with Crippen molar-refractivity contribution in [3.8, 4) is 0 Å². The molecule has 71 valence electrons. The van der Waals surface area contributed by atoms with Gasteiger partial charge in [-0.3, -0.25) is 0 Å². The van der Waals surface area contributed by atoms with Crippen molar-refractivity contribution < 1.29 is 21.9 Å². The minimum Gasteiger partial charge on any atom is -0.515 e. The largest absolute Gasteiger partial charge is 0.515 e. The smallest absolute Gasteiger partial charge is 0.0864 e. The van der Waals surface area contributed by atoms with Crippen LogP contribution in [-0.2, 0) is 16.8 Å². The Kier molecular flexibility index (Phi) is 6.87. The maximum atomic E-state index is 8.30. The van der Waals surface area contributed by atoms with Gasteiger partial charge < -0.3 is 5.11 Å². The van der Waals surface area contributed by atoms with Gasteiger partial charge in [0.05, 0.1) is 6.26 Å². The first-order chi connectivity index (χ1) is 5.93. The molecule has 1 nitrogen and oxygen atoms in total. The van der Waals surface area contributed by atoms with E-state index in [9.17, 15) is 0 Å². The zero-order valence-electron chi connectivity index (χ0n) is 7.05. The van der Waals surface area contributed by atoms with Gasteiger partial charge in [-0.2, -0.15) is 18.2 Å². The number of rotatable bonds is 0. The van der Waals surface area contributed by atoms with E-state index in [1.54, 1.807) is 0 Å². The third-order valence-corrected chi connectivity index (χ3v) is 1.39. The molecule has 1 aromatic rings. The first-order valence-electron chi connectivity index (χ1n) is 3.79. The molecule has 1 radical (unpaired) electrons. The number of allylic oxidation sites excluding steroid dienone is 5. The second-order valence-corrected chi connectivity index (χ2v) is 2.31. The van der Waals surface area contributed by atoms with E-state index in [-0.39, 0.29) is 16.8 Å². The van der Waals surface area contributed by atoms with Crippen LogP contribution >= 0.6 is 0 Å². The first-order valence-corrected chi connectivity index (χ1v) is 3.79. The second kappa shape index (κ2) is 7.52. The van der Waals surface area contributed by atoms with Crippen molar-refractivity contribution in [1.29, 1.82) is 0 Å². The molecule has 0 saturated carbocycles. The van der Waals surface area contributed by atoms with Gasteiger partial charge in [0.15, 0.2) is 0 Å². The fraction of sp³-hybridized carbons (Fsp3) is 0. The van der Waals surface area contributed by atoms with Crippen LogP contribution in [0.15, 0.2) is 66.5 Å². The maximum absolute atomic E-state index is 8.30. The standard InChI is InChI=1S/C6H6O.C5H5.Co/c7-5-6-3-1-2-4-6;1-2-4-5-3-1;/h1-5,7H;1-5H;/q;-1;. The predicted molar refractivity (Wildman–Crippen MR) is 51.0 cm³/mol. The molecule has 0 amide bonds. The van der Waals surface area contributed by atoms with E-state index in [1.165, 1.54) is 0 Å². The topological polar surface area (TPSA) is 20.2 Å². The van der Waals surface area contributed by atoms with Gasteiger partial charge in [0.2, 0.25) is 0 Å². The zero-order valence-corrected chi connectivity index (χ0v) is 8.10. The molecule has 1 N–H and O–H groups in total. The molecule has 0 aliphatic heterocycles. The number of aliphatic hydroxyl groups is 1. The molecular formula is C11H11CoO-. The van der Waals surface area contributed by atoms with Crippen molar-refractivity contribution in [2.75, 3.05) is 0 Å². The first kappa shape index (κ1) is 11.9. The van der Waals surface area contributed by atoms with Crippen molar-refractivity contribution in [1.82, 2.24) is 0 Å². The molecule has 0 spiro atoms. The van der Waals surface area contributed by atoms with Crippen LogP contribution < -0.4 is 0 Å². The van der Waals surface area contributed by atoms with Gasteiger partial charge in [-0.1, -0.05) is 24.3 Å². The Bertz CT molecular complexity index is 250.